The number of carbonyl (C=O) groups excluding carboxylic acids is 7. The minimum atomic E-state index is -2.78. The second kappa shape index (κ2) is 32.0. The molecular weight excluding hydrogens is 1430 g/mol. The maximum Gasteiger partial charge on any atom is 0.332 e. The molecule has 8 aliphatic rings. The van der Waals surface area contributed by atoms with Crippen LogP contribution in [0.1, 0.15) is 132 Å². The maximum absolute atomic E-state index is 16.4. The number of fused-ring (bicyclic) bond motifs is 15. The van der Waals surface area contributed by atoms with Gasteiger partial charge in [0, 0.05) is 46.7 Å². The first-order valence-corrected chi connectivity index (χ1v) is 35.1. The van der Waals surface area contributed by atoms with E-state index >= 15 is 19.2 Å². The normalized spacial score (nSPS) is 32.4. The zero-order valence-corrected chi connectivity index (χ0v) is 60.1. The smallest absolute Gasteiger partial charge is 0.332 e. The predicted octanol–water partition coefficient (Wildman–Crippen LogP) is -0.614. The van der Waals surface area contributed by atoms with Crippen LogP contribution in [0.2, 0.25) is 0 Å². The Morgan fingerprint density at radius 3 is 1.82 bits per heavy atom. The van der Waals surface area contributed by atoms with E-state index in [1.165, 1.54) is 83.3 Å². The molecule has 5 aromatic carbocycles. The number of likely N-dealkylation sites (N-methyl/N-ethyl adjacent to an activating group) is 1. The highest BCUT2D eigenvalue weighted by molar-refractivity contribution is 6.00. The fraction of sp³-hybridized carbons (Fsp3) is 0.479. The highest BCUT2D eigenvalue weighted by Gasteiger charge is 2.55. The summed E-state index contributed by atoms with van der Waals surface area (Å²) < 4.78 is 52.3. The molecule has 21 atom stereocenters. The van der Waals surface area contributed by atoms with Crippen LogP contribution in [0.15, 0.2) is 91.0 Å². The quantitative estimate of drug-likeness (QED) is 0.0581. The largest absolute Gasteiger partial charge is 0.508 e. The van der Waals surface area contributed by atoms with Gasteiger partial charge in [0.15, 0.2) is 30.1 Å². The average molecular weight is 1520 g/mol. The molecule has 0 spiro atoms. The number of phenolic OH excluding ortho intramolecular Hbond substituents is 3. The van der Waals surface area contributed by atoms with Gasteiger partial charge >= 0.3 is 11.9 Å². The number of hydrogen-bond donors (Lipinski definition) is 20. The Balaban J connectivity index is 1.19. The van der Waals surface area contributed by atoms with Gasteiger partial charge in [0.1, 0.15) is 83.4 Å². The lowest BCUT2D eigenvalue weighted by Crippen LogP contribution is -2.64. The fourth-order valence-corrected chi connectivity index (χ4v) is 14.2. The molecule has 588 valence electrons. The molecule has 0 aliphatic carbocycles. The first kappa shape index (κ1) is 80.1. The molecule has 8 heterocycles. The van der Waals surface area contributed by atoms with Crippen molar-refractivity contribution in [3.63, 3.8) is 0 Å². The summed E-state index contributed by atoms with van der Waals surface area (Å²) in [5.41, 5.74) is 13.8. The zero-order chi connectivity index (χ0) is 79.2. The zero-order valence-electron chi connectivity index (χ0n) is 60.1. The van der Waals surface area contributed by atoms with Crippen LogP contribution in [0.5, 0.6) is 46.0 Å². The Bertz CT molecular complexity index is 4280. The number of nitrogens with one attached hydrogen (secondary N) is 7. The molecule has 5 aromatic rings. The van der Waals surface area contributed by atoms with Crippen molar-refractivity contribution in [3.05, 3.63) is 119 Å². The molecule has 7 amide bonds. The Labute approximate surface area is 622 Å². The second-order valence-corrected chi connectivity index (χ2v) is 29.1. The van der Waals surface area contributed by atoms with Crippen molar-refractivity contribution in [1.29, 1.82) is 0 Å². The highest BCUT2D eigenvalue weighted by atomic mass is 16.9. The summed E-state index contributed by atoms with van der Waals surface area (Å²) in [6.45, 7) is 8.63. The molecule has 13 rings (SSSR count). The molecular formula is C73H90N10O26. The molecule has 2 unspecified atom stereocenters. The monoisotopic (exact) mass is 1520 g/mol. The summed E-state index contributed by atoms with van der Waals surface area (Å²) in [6, 6.07) is 3.33. The van der Waals surface area contributed by atoms with Crippen molar-refractivity contribution in [2.24, 2.45) is 23.1 Å². The molecule has 0 radical (unpaired) electrons. The molecule has 8 aliphatic heterocycles. The third-order valence-corrected chi connectivity index (χ3v) is 19.9. The van der Waals surface area contributed by atoms with Crippen LogP contribution in [0, 0.1) is 5.92 Å². The number of carbonyl (C=O) groups is 8. The molecule has 3 fully saturated rings. The summed E-state index contributed by atoms with van der Waals surface area (Å²) in [5, 5.41) is 132. The van der Waals surface area contributed by atoms with Gasteiger partial charge in [-0.25, -0.2) is 4.79 Å². The van der Waals surface area contributed by atoms with Gasteiger partial charge in [-0.15, -0.1) is 0 Å². The van der Waals surface area contributed by atoms with E-state index in [9.17, 15) is 70.2 Å². The number of benzene rings is 5. The van der Waals surface area contributed by atoms with E-state index in [4.69, 9.17) is 55.1 Å². The van der Waals surface area contributed by atoms with E-state index in [0.717, 1.165) is 42.5 Å². The Morgan fingerprint density at radius 2 is 1.24 bits per heavy atom. The summed E-state index contributed by atoms with van der Waals surface area (Å²) in [7, 11) is 1.49. The van der Waals surface area contributed by atoms with Crippen LogP contribution in [0.25, 0.3) is 11.1 Å². The highest BCUT2D eigenvalue weighted by Crippen LogP contribution is 2.50. The first-order valence-electron chi connectivity index (χ1n) is 35.1. The first-order chi connectivity index (χ1) is 51.4. The lowest BCUT2D eigenvalue weighted by Gasteiger charge is -2.48. The minimum Gasteiger partial charge on any atom is -0.508 e. The topological polar surface area (TPSA) is 575 Å². The third-order valence-electron chi connectivity index (χ3n) is 19.9. The van der Waals surface area contributed by atoms with Crippen LogP contribution in [-0.4, -0.2) is 209 Å². The molecule has 109 heavy (non-hydrogen) atoms. The second-order valence-electron chi connectivity index (χ2n) is 29.1. The summed E-state index contributed by atoms with van der Waals surface area (Å²) >= 11 is 0. The molecule has 11 bridgehead atoms. The van der Waals surface area contributed by atoms with Gasteiger partial charge in [-0.2, -0.15) is 0 Å². The lowest BCUT2D eigenvalue weighted by atomic mass is 9.86. The summed E-state index contributed by atoms with van der Waals surface area (Å²) in [6.07, 6.45) is -19.3. The number of carboxylic acid groups (broad SMARTS) is 1. The van der Waals surface area contributed by atoms with Gasteiger partial charge in [0.25, 0.3) is 0 Å². The number of rotatable bonds is 15. The number of amides is 7. The van der Waals surface area contributed by atoms with E-state index in [1.807, 2.05) is 13.8 Å². The Kier molecular flexibility index (Phi) is 23.5. The maximum atomic E-state index is 16.4. The summed E-state index contributed by atoms with van der Waals surface area (Å²) in [5.74, 6) is -17.9. The van der Waals surface area contributed by atoms with E-state index < -0.39 is 250 Å². The minimum absolute atomic E-state index is 0.0363. The third kappa shape index (κ3) is 17.3. The molecule has 3 saturated heterocycles. The number of aliphatic carboxylic acids is 1. The number of ether oxygens (including phenoxy) is 8. The van der Waals surface area contributed by atoms with Crippen molar-refractivity contribution in [2.75, 3.05) is 13.7 Å². The number of hydrogen-bond acceptors (Lipinski definition) is 28. The molecule has 36 heteroatoms. The standard InChI is InChI=1S/C73H90N10O26/c1-29(2)18-41(77-7)64(94)82-56-58(90)32-8-13-37(14-9-32)104-46-20-35-21-47(61(46)109-73(25-45(88)59(91)48(28-84)107-73)108-51-27-72(6,76)63(93)31(4)103-51)105-38-15-10-33(11-16-38)60(106-50-26-71(5,75)62(92)30(3)102-50)57-69(99)81-55(70(100)101)40-22-36(85)23-44(87)52(40)39-19-34(12-17-43(39)86)53(66(96)83-57)80-67(97)54(35)79-65(95)42(24-49(74)89)78-68(56)98/h8-17,19-23,29-31,41-42,45,48,50-51,53-60,62-63,77,84-88,90-93H,18,24-28,75-76H2,1-7H3,(H2,74,89)(H,78,98)(H,79,95)(H,80,97)(H,81,99)(H,82,94)(H,83,96)(H,100,101)/t30-,31-,41-,42+,45-,48-,50-,51-,53-,54-,55+,56-,57+,58-,59+,60-,62-,63-,71?,72?,73+/m1/s1. The van der Waals surface area contributed by atoms with Gasteiger partial charge < -0.3 is 139 Å². The number of aliphatic hydroxyl groups is 6. The van der Waals surface area contributed by atoms with Gasteiger partial charge in [0.2, 0.25) is 47.1 Å². The van der Waals surface area contributed by atoms with Gasteiger partial charge in [-0.1, -0.05) is 44.2 Å². The van der Waals surface area contributed by atoms with Crippen molar-refractivity contribution >= 4 is 47.3 Å². The van der Waals surface area contributed by atoms with E-state index in [0.29, 0.717) is 0 Å². The average Bonchev–Trinajstić information content (AvgIpc) is 0.767. The molecule has 36 nitrogen and oxygen atoms in total. The van der Waals surface area contributed by atoms with Gasteiger partial charge in [-0.3, -0.25) is 38.3 Å². The van der Waals surface area contributed by atoms with Crippen LogP contribution in [-0.2, 0) is 62.0 Å². The van der Waals surface area contributed by atoms with Crippen LogP contribution < -0.4 is 68.6 Å². The lowest BCUT2D eigenvalue weighted by molar-refractivity contribution is -0.442. The number of nitrogens with two attached hydrogens (primary N) is 3. The van der Waals surface area contributed by atoms with E-state index in [2.05, 4.69) is 37.2 Å². The Hall–Kier alpha value is -9.90. The number of carboxylic acids is 1. The van der Waals surface area contributed by atoms with Crippen molar-refractivity contribution in [1.82, 2.24) is 37.2 Å². The SMILES string of the molecule is CN[C@H](CC(C)C)C(=O)N[C@H]1C(=O)N[C@@H](CC(N)=O)C(=O)N[C@H]2C(=O)N[C@H]3C(=O)N[C@H](C(=O)N[C@H](C(=O)O)c4cc(O)cc(O)c4-c4cc3ccc4O)[C@H](O[C@@H]3CC(C)(N)[C@H](O)[C@@H](C)O3)c3ccc(cc3)Oc3cc2cc(c3O[C@@]2(O[C@@H]3CC(C)(N)[C@H](O)[C@@H](C)O3)C[C@@H](O)[C@H](O)[C@@H](CO)O2)Oc2ccc(cc2)[C@H]1O. The van der Waals surface area contributed by atoms with Crippen molar-refractivity contribution in [3.8, 4) is 57.1 Å². The van der Waals surface area contributed by atoms with Crippen LogP contribution in [0.4, 0.5) is 0 Å². The Morgan fingerprint density at radius 1 is 0.670 bits per heavy atom. The molecule has 0 aromatic heterocycles. The van der Waals surface area contributed by atoms with Crippen LogP contribution in [0.3, 0.4) is 0 Å². The number of phenols is 3. The number of aromatic hydroxyl groups is 3. The number of aliphatic hydroxyl groups excluding tert-OH is 6. The van der Waals surface area contributed by atoms with Crippen LogP contribution >= 0.6 is 0 Å². The molecule has 23 N–H and O–H groups in total. The van der Waals surface area contributed by atoms with Crippen molar-refractivity contribution < 1.29 is 127 Å². The van der Waals surface area contributed by atoms with E-state index in [-0.39, 0.29) is 53.4 Å². The summed E-state index contributed by atoms with van der Waals surface area (Å²) in [4.78, 5) is 120. The van der Waals surface area contributed by atoms with E-state index in [1.54, 1.807) is 0 Å². The predicted molar refractivity (Wildman–Crippen MR) is 375 cm³/mol. The van der Waals surface area contributed by atoms with Gasteiger partial charge in [0.05, 0.1) is 56.0 Å². The number of primary amides is 1. The van der Waals surface area contributed by atoms with Crippen molar-refractivity contribution in [2.45, 2.75) is 201 Å². The van der Waals surface area contributed by atoms with Gasteiger partial charge in [-0.05, 0) is 124 Å². The fourth-order valence-electron chi connectivity index (χ4n) is 14.2. The molecule has 0 saturated carbocycles.